The van der Waals surface area contributed by atoms with Gasteiger partial charge < -0.3 is 10.4 Å². The Kier molecular flexibility index (Phi) is 3.90. The maximum atomic E-state index is 9.18. The smallest absolute Gasteiger partial charge is 0.0499 e. The largest absolute Gasteiger partial charge is 0.396 e. The van der Waals surface area contributed by atoms with Gasteiger partial charge in [0, 0.05) is 34.6 Å². The fourth-order valence-corrected chi connectivity index (χ4v) is 2.29. The van der Waals surface area contributed by atoms with Crippen molar-refractivity contribution in [3.63, 3.8) is 0 Å². The van der Waals surface area contributed by atoms with E-state index < -0.39 is 0 Å². The lowest BCUT2D eigenvalue weighted by Gasteiger charge is -2.13. The lowest BCUT2D eigenvalue weighted by molar-refractivity contribution is 0.207. The van der Waals surface area contributed by atoms with E-state index >= 15 is 0 Å². The molecule has 16 heavy (non-hydrogen) atoms. The molecule has 0 unspecified atom stereocenters. The van der Waals surface area contributed by atoms with Gasteiger partial charge in [0.05, 0.1) is 0 Å². The molecule has 4 heteroatoms. The van der Waals surface area contributed by atoms with Crippen LogP contribution in [-0.4, -0.2) is 18.3 Å². The zero-order valence-electron chi connectivity index (χ0n) is 8.97. The minimum absolute atomic E-state index is 0.158. The lowest BCUT2D eigenvalue weighted by atomic mass is 10.1. The highest BCUT2D eigenvalue weighted by atomic mass is 79.9. The zero-order valence-corrected chi connectivity index (χ0v) is 11.3. The molecule has 0 spiro atoms. The summed E-state index contributed by atoms with van der Waals surface area (Å²) in [7, 11) is 0. The molecule has 0 heterocycles. The van der Waals surface area contributed by atoms with Crippen molar-refractivity contribution in [1.82, 2.24) is 5.32 Å². The third-order valence-electron chi connectivity index (χ3n) is 3.12. The molecule has 0 aliphatic heterocycles. The third kappa shape index (κ3) is 2.98. The molecule has 1 aromatic carbocycles. The molecule has 1 aliphatic rings. The Bertz CT molecular complexity index is 379. The van der Waals surface area contributed by atoms with Gasteiger partial charge in [-0.25, -0.2) is 0 Å². The van der Waals surface area contributed by atoms with Crippen molar-refractivity contribution < 1.29 is 5.11 Å². The molecule has 2 N–H and O–H groups in total. The topological polar surface area (TPSA) is 32.3 Å². The number of hydrogen-bond acceptors (Lipinski definition) is 2. The lowest BCUT2D eigenvalue weighted by Crippen LogP contribution is -2.26. The average Bonchev–Trinajstić information content (AvgIpc) is 3.04. The van der Waals surface area contributed by atoms with E-state index in [1.165, 1.54) is 0 Å². The van der Waals surface area contributed by atoms with Crippen molar-refractivity contribution in [3.05, 3.63) is 33.3 Å². The molecular formula is C12H15BrClNO. The summed E-state index contributed by atoms with van der Waals surface area (Å²) in [6.45, 7) is 1.95. The first kappa shape index (κ1) is 12.4. The Morgan fingerprint density at radius 2 is 2.19 bits per heavy atom. The predicted molar refractivity (Wildman–Crippen MR) is 69.6 cm³/mol. The van der Waals surface area contributed by atoms with E-state index in [0.29, 0.717) is 0 Å². The molecule has 0 amide bonds. The standard InChI is InChI=1S/C12H15BrClNO/c13-11-2-1-10(14)5-9(11)6-15-7-12(8-16)3-4-12/h1-2,5,15-16H,3-4,6-8H2. The molecule has 1 fully saturated rings. The number of hydrogen-bond donors (Lipinski definition) is 2. The SMILES string of the molecule is OCC1(CNCc2cc(Cl)ccc2Br)CC1. The minimum atomic E-state index is 0.158. The molecule has 1 aliphatic carbocycles. The van der Waals surface area contributed by atoms with Crippen LogP contribution in [0.2, 0.25) is 5.02 Å². The van der Waals surface area contributed by atoms with Gasteiger partial charge in [-0.2, -0.15) is 0 Å². The summed E-state index contributed by atoms with van der Waals surface area (Å²) in [6.07, 6.45) is 2.26. The van der Waals surface area contributed by atoms with Crippen molar-refractivity contribution in [2.45, 2.75) is 19.4 Å². The quantitative estimate of drug-likeness (QED) is 0.876. The molecule has 0 bridgehead atoms. The summed E-state index contributed by atoms with van der Waals surface area (Å²) in [5.41, 5.74) is 1.31. The van der Waals surface area contributed by atoms with Gasteiger partial charge in [-0.15, -0.1) is 0 Å². The second-order valence-corrected chi connectivity index (χ2v) is 5.79. The Hall–Kier alpha value is -0.0900. The molecule has 0 aromatic heterocycles. The summed E-state index contributed by atoms with van der Waals surface area (Å²) < 4.78 is 1.07. The van der Waals surface area contributed by atoms with Gasteiger partial charge in [0.2, 0.25) is 0 Å². The van der Waals surface area contributed by atoms with Crippen LogP contribution in [0.4, 0.5) is 0 Å². The highest BCUT2D eigenvalue weighted by Gasteiger charge is 2.41. The Labute approximate surface area is 109 Å². The number of nitrogens with one attached hydrogen (secondary N) is 1. The van der Waals surface area contributed by atoms with E-state index in [1.807, 2.05) is 18.2 Å². The van der Waals surface area contributed by atoms with Gasteiger partial charge in [-0.05, 0) is 36.6 Å². The van der Waals surface area contributed by atoms with Crippen molar-refractivity contribution in [3.8, 4) is 0 Å². The van der Waals surface area contributed by atoms with Gasteiger partial charge in [-0.1, -0.05) is 27.5 Å². The molecule has 2 rings (SSSR count). The van der Waals surface area contributed by atoms with E-state index in [-0.39, 0.29) is 12.0 Å². The third-order valence-corrected chi connectivity index (χ3v) is 4.12. The van der Waals surface area contributed by atoms with E-state index in [4.69, 9.17) is 11.6 Å². The van der Waals surface area contributed by atoms with Crippen molar-refractivity contribution >= 4 is 27.5 Å². The molecule has 0 radical (unpaired) electrons. The summed E-state index contributed by atoms with van der Waals surface area (Å²) in [5.74, 6) is 0. The minimum Gasteiger partial charge on any atom is -0.396 e. The Balaban J connectivity index is 1.87. The second-order valence-electron chi connectivity index (χ2n) is 4.50. The second kappa shape index (κ2) is 5.05. The van der Waals surface area contributed by atoms with Gasteiger partial charge >= 0.3 is 0 Å². The average molecular weight is 305 g/mol. The number of benzene rings is 1. The Morgan fingerprint density at radius 1 is 1.44 bits per heavy atom. The molecule has 1 saturated carbocycles. The van der Waals surface area contributed by atoms with Crippen LogP contribution in [-0.2, 0) is 6.54 Å². The Morgan fingerprint density at radius 3 is 2.81 bits per heavy atom. The number of rotatable bonds is 5. The van der Waals surface area contributed by atoms with Crippen LogP contribution in [0, 0.1) is 5.41 Å². The monoisotopic (exact) mass is 303 g/mol. The van der Waals surface area contributed by atoms with Gasteiger partial charge in [0.1, 0.15) is 0 Å². The van der Waals surface area contributed by atoms with Crippen LogP contribution in [0.3, 0.4) is 0 Å². The summed E-state index contributed by atoms with van der Waals surface area (Å²) in [6, 6.07) is 5.78. The summed E-state index contributed by atoms with van der Waals surface area (Å²) in [5, 5.41) is 13.3. The highest BCUT2D eigenvalue weighted by molar-refractivity contribution is 9.10. The number of halogens is 2. The fourth-order valence-electron chi connectivity index (χ4n) is 1.71. The first-order chi connectivity index (χ1) is 7.65. The van der Waals surface area contributed by atoms with Gasteiger partial charge in [0.15, 0.2) is 0 Å². The van der Waals surface area contributed by atoms with Crippen LogP contribution in [0.25, 0.3) is 0 Å². The zero-order chi connectivity index (χ0) is 11.6. The molecule has 88 valence electrons. The van der Waals surface area contributed by atoms with Crippen molar-refractivity contribution in [1.29, 1.82) is 0 Å². The van der Waals surface area contributed by atoms with E-state index in [2.05, 4.69) is 21.2 Å². The van der Waals surface area contributed by atoms with Crippen molar-refractivity contribution in [2.75, 3.05) is 13.2 Å². The van der Waals surface area contributed by atoms with E-state index in [9.17, 15) is 5.11 Å². The van der Waals surface area contributed by atoms with Crippen LogP contribution in [0.1, 0.15) is 18.4 Å². The maximum absolute atomic E-state index is 9.18. The molecule has 2 nitrogen and oxygen atoms in total. The fraction of sp³-hybridized carbons (Fsp3) is 0.500. The first-order valence-electron chi connectivity index (χ1n) is 5.41. The number of aliphatic hydroxyl groups excluding tert-OH is 1. The van der Waals surface area contributed by atoms with E-state index in [1.54, 1.807) is 0 Å². The van der Waals surface area contributed by atoms with E-state index in [0.717, 1.165) is 41.0 Å². The van der Waals surface area contributed by atoms with Gasteiger partial charge in [-0.3, -0.25) is 0 Å². The molecule has 0 atom stereocenters. The predicted octanol–water partition coefficient (Wildman–Crippen LogP) is 2.96. The molecule has 1 aromatic rings. The van der Waals surface area contributed by atoms with Gasteiger partial charge in [0.25, 0.3) is 0 Å². The molecular weight excluding hydrogens is 289 g/mol. The number of aliphatic hydroxyl groups is 1. The van der Waals surface area contributed by atoms with Crippen LogP contribution in [0.15, 0.2) is 22.7 Å². The van der Waals surface area contributed by atoms with Crippen LogP contribution >= 0.6 is 27.5 Å². The van der Waals surface area contributed by atoms with Crippen molar-refractivity contribution in [2.24, 2.45) is 5.41 Å². The maximum Gasteiger partial charge on any atom is 0.0499 e. The molecule has 0 saturated heterocycles. The summed E-state index contributed by atoms with van der Waals surface area (Å²) in [4.78, 5) is 0. The highest BCUT2D eigenvalue weighted by Crippen LogP contribution is 2.44. The van der Waals surface area contributed by atoms with Crippen LogP contribution in [0.5, 0.6) is 0 Å². The normalized spacial score (nSPS) is 17.4. The summed E-state index contributed by atoms with van der Waals surface area (Å²) >= 11 is 9.43. The first-order valence-corrected chi connectivity index (χ1v) is 6.58. The van der Waals surface area contributed by atoms with Crippen LogP contribution < -0.4 is 5.32 Å².